The fraction of sp³-hybridized carbons (Fsp3) is 0.536. The van der Waals surface area contributed by atoms with E-state index in [1.54, 1.807) is 0 Å². The smallest absolute Gasteiger partial charge is 0.253 e. The number of amides is 1. The third-order valence-electron chi connectivity index (χ3n) is 7.50. The fourth-order valence-corrected chi connectivity index (χ4v) is 5.63. The first-order valence-corrected chi connectivity index (χ1v) is 12.7. The second kappa shape index (κ2) is 10.5. The summed E-state index contributed by atoms with van der Waals surface area (Å²) in [4.78, 5) is 17.5. The lowest BCUT2D eigenvalue weighted by molar-refractivity contribution is -0.190. The van der Waals surface area contributed by atoms with Gasteiger partial charge in [-0.1, -0.05) is 30.3 Å². The van der Waals surface area contributed by atoms with Crippen LogP contribution >= 0.6 is 0 Å². The van der Waals surface area contributed by atoms with Crippen LogP contribution in [0.15, 0.2) is 54.6 Å². The first-order chi connectivity index (χ1) is 16.7. The number of piperidine rings is 1. The molecule has 0 bridgehead atoms. The lowest BCUT2D eigenvalue weighted by atomic mass is 9.80. The highest BCUT2D eigenvalue weighted by Crippen LogP contribution is 2.44. The van der Waals surface area contributed by atoms with Crippen molar-refractivity contribution in [1.82, 2.24) is 4.90 Å². The van der Waals surface area contributed by atoms with Gasteiger partial charge >= 0.3 is 0 Å². The predicted octanol–water partition coefficient (Wildman–Crippen LogP) is 4.45. The number of carbonyl (C=O) groups excluding carboxylic acids is 1. The van der Waals surface area contributed by atoms with Gasteiger partial charge in [0.25, 0.3) is 5.91 Å². The van der Waals surface area contributed by atoms with Crippen LogP contribution in [-0.4, -0.2) is 68.5 Å². The Bertz CT molecular complexity index is 935. The van der Waals surface area contributed by atoms with Crippen molar-refractivity contribution in [3.8, 4) is 0 Å². The summed E-state index contributed by atoms with van der Waals surface area (Å²) in [6.07, 6.45) is 3.72. The third-order valence-corrected chi connectivity index (χ3v) is 7.50. The van der Waals surface area contributed by atoms with E-state index in [2.05, 4.69) is 48.2 Å². The van der Waals surface area contributed by atoms with E-state index in [9.17, 15) is 4.79 Å². The summed E-state index contributed by atoms with van der Waals surface area (Å²) < 4.78 is 18.3. The molecule has 6 nitrogen and oxygen atoms in total. The predicted molar refractivity (Wildman–Crippen MR) is 132 cm³/mol. The number of benzene rings is 2. The van der Waals surface area contributed by atoms with Crippen molar-refractivity contribution >= 4 is 11.6 Å². The molecule has 1 amide bonds. The number of anilines is 1. The van der Waals surface area contributed by atoms with E-state index in [-0.39, 0.29) is 23.7 Å². The van der Waals surface area contributed by atoms with Gasteiger partial charge < -0.3 is 24.0 Å². The topological polar surface area (TPSA) is 51.2 Å². The highest BCUT2D eigenvalue weighted by Gasteiger charge is 2.45. The number of likely N-dealkylation sites (tertiary alicyclic amines) is 1. The van der Waals surface area contributed by atoms with Gasteiger partial charge in [0, 0.05) is 56.9 Å². The van der Waals surface area contributed by atoms with Gasteiger partial charge in [0.05, 0.1) is 31.0 Å². The Morgan fingerprint density at radius 2 is 1.71 bits per heavy atom. The molecule has 2 atom stereocenters. The van der Waals surface area contributed by atoms with Crippen LogP contribution in [0.3, 0.4) is 0 Å². The van der Waals surface area contributed by atoms with Crippen molar-refractivity contribution in [2.45, 2.75) is 50.4 Å². The molecule has 3 aliphatic heterocycles. The maximum Gasteiger partial charge on any atom is 0.253 e. The van der Waals surface area contributed by atoms with E-state index in [1.807, 2.05) is 23.1 Å². The van der Waals surface area contributed by atoms with Gasteiger partial charge in [-0.2, -0.15) is 0 Å². The van der Waals surface area contributed by atoms with Crippen LogP contribution in [0.25, 0.3) is 0 Å². The second-order valence-electron chi connectivity index (χ2n) is 9.66. The quantitative estimate of drug-likeness (QED) is 0.654. The fourth-order valence-electron chi connectivity index (χ4n) is 5.63. The average Bonchev–Trinajstić information content (AvgIpc) is 2.90. The van der Waals surface area contributed by atoms with E-state index >= 15 is 0 Å². The number of carbonyl (C=O) groups is 1. The molecule has 0 aromatic heterocycles. The molecule has 6 heteroatoms. The monoisotopic (exact) mass is 464 g/mol. The Kier molecular flexibility index (Phi) is 7.18. The minimum atomic E-state index is -0.227. The summed E-state index contributed by atoms with van der Waals surface area (Å²) in [6, 6.07) is 18.5. The first kappa shape index (κ1) is 23.3. The lowest BCUT2D eigenvalue weighted by Gasteiger charge is -2.48. The largest absolute Gasteiger partial charge is 0.378 e. The molecule has 3 fully saturated rings. The van der Waals surface area contributed by atoms with Crippen LogP contribution < -0.4 is 4.90 Å². The summed E-state index contributed by atoms with van der Waals surface area (Å²) >= 11 is 0. The van der Waals surface area contributed by atoms with Crippen molar-refractivity contribution in [3.63, 3.8) is 0 Å². The average molecular weight is 465 g/mol. The summed E-state index contributed by atoms with van der Waals surface area (Å²) in [5.74, 6) is 0.111. The number of hydrogen-bond donors (Lipinski definition) is 0. The van der Waals surface area contributed by atoms with Crippen LogP contribution in [-0.2, 0) is 14.2 Å². The SMILES string of the molecule is CCOC1CC(c2ccccc2)OC2(CCN(C(=O)c3ccc(N4CCOCC4)cc3)CC2)C1. The van der Waals surface area contributed by atoms with Crippen molar-refractivity contribution in [2.24, 2.45) is 0 Å². The minimum absolute atomic E-state index is 0.0430. The van der Waals surface area contributed by atoms with Gasteiger partial charge in [-0.3, -0.25) is 4.79 Å². The molecule has 2 aromatic carbocycles. The molecule has 5 rings (SSSR count). The molecule has 2 aromatic rings. The number of nitrogens with zero attached hydrogens (tertiary/aromatic N) is 2. The van der Waals surface area contributed by atoms with Crippen molar-refractivity contribution < 1.29 is 19.0 Å². The zero-order valence-corrected chi connectivity index (χ0v) is 20.2. The van der Waals surface area contributed by atoms with Crippen LogP contribution in [0.2, 0.25) is 0 Å². The van der Waals surface area contributed by atoms with E-state index in [1.165, 1.54) is 5.56 Å². The second-order valence-corrected chi connectivity index (χ2v) is 9.66. The zero-order chi connectivity index (χ0) is 23.4. The van der Waals surface area contributed by atoms with E-state index in [0.717, 1.165) is 63.2 Å². The van der Waals surface area contributed by atoms with Crippen LogP contribution in [0.5, 0.6) is 0 Å². The van der Waals surface area contributed by atoms with Crippen molar-refractivity contribution in [2.75, 3.05) is 50.9 Å². The summed E-state index contributed by atoms with van der Waals surface area (Å²) in [6.45, 7) is 7.51. The van der Waals surface area contributed by atoms with Crippen molar-refractivity contribution in [3.05, 3.63) is 65.7 Å². The van der Waals surface area contributed by atoms with Gasteiger partial charge in [0.2, 0.25) is 0 Å². The Morgan fingerprint density at radius 3 is 2.38 bits per heavy atom. The lowest BCUT2D eigenvalue weighted by Crippen LogP contribution is -2.52. The first-order valence-electron chi connectivity index (χ1n) is 12.7. The highest BCUT2D eigenvalue weighted by molar-refractivity contribution is 5.94. The molecule has 182 valence electrons. The van der Waals surface area contributed by atoms with Crippen LogP contribution in [0, 0.1) is 0 Å². The summed E-state index contributed by atoms with van der Waals surface area (Å²) in [5, 5.41) is 0. The zero-order valence-electron chi connectivity index (χ0n) is 20.2. The summed E-state index contributed by atoms with van der Waals surface area (Å²) in [7, 11) is 0. The normalized spacial score (nSPS) is 24.9. The van der Waals surface area contributed by atoms with Gasteiger partial charge in [-0.05, 0) is 49.6 Å². The standard InChI is InChI=1S/C28H36N2O4/c1-2-33-25-20-26(22-6-4-3-5-7-22)34-28(21-25)12-14-30(15-13-28)27(31)23-8-10-24(11-9-23)29-16-18-32-19-17-29/h3-11,25-26H,2,12-21H2,1H3. The van der Waals surface area contributed by atoms with Gasteiger partial charge in [0.15, 0.2) is 0 Å². The molecule has 3 heterocycles. The number of hydrogen-bond acceptors (Lipinski definition) is 5. The molecule has 1 spiro atoms. The molecule has 0 N–H and O–H groups in total. The molecular formula is C28H36N2O4. The third kappa shape index (κ3) is 5.14. The molecule has 3 saturated heterocycles. The Labute approximate surface area is 202 Å². The molecular weight excluding hydrogens is 428 g/mol. The Hall–Kier alpha value is -2.41. The molecule has 2 unspecified atom stereocenters. The number of rotatable bonds is 5. The number of ether oxygens (including phenoxy) is 3. The summed E-state index contributed by atoms with van der Waals surface area (Å²) in [5.41, 5.74) is 2.90. The highest BCUT2D eigenvalue weighted by atomic mass is 16.5. The minimum Gasteiger partial charge on any atom is -0.378 e. The molecule has 0 aliphatic carbocycles. The van der Waals surface area contributed by atoms with Gasteiger partial charge in [-0.25, -0.2) is 0 Å². The van der Waals surface area contributed by atoms with Gasteiger partial charge in [0.1, 0.15) is 0 Å². The van der Waals surface area contributed by atoms with E-state index in [0.29, 0.717) is 19.7 Å². The van der Waals surface area contributed by atoms with E-state index < -0.39 is 0 Å². The maximum atomic E-state index is 13.2. The molecule has 0 saturated carbocycles. The van der Waals surface area contributed by atoms with Crippen LogP contribution in [0.4, 0.5) is 5.69 Å². The Morgan fingerprint density at radius 1 is 1.00 bits per heavy atom. The van der Waals surface area contributed by atoms with Crippen molar-refractivity contribution in [1.29, 1.82) is 0 Å². The molecule has 0 radical (unpaired) electrons. The molecule has 3 aliphatic rings. The number of morpholine rings is 1. The van der Waals surface area contributed by atoms with Crippen LogP contribution in [0.1, 0.15) is 54.6 Å². The molecule has 34 heavy (non-hydrogen) atoms. The Balaban J connectivity index is 1.23. The maximum absolute atomic E-state index is 13.2. The van der Waals surface area contributed by atoms with Gasteiger partial charge in [-0.15, -0.1) is 0 Å². The van der Waals surface area contributed by atoms with E-state index in [4.69, 9.17) is 14.2 Å².